The van der Waals surface area contributed by atoms with Crippen LogP contribution in [0.15, 0.2) is 29.1 Å². The summed E-state index contributed by atoms with van der Waals surface area (Å²) >= 11 is 0. The average molecular weight is 218 g/mol. The zero-order chi connectivity index (χ0) is 11.7. The van der Waals surface area contributed by atoms with Crippen LogP contribution in [0.2, 0.25) is 0 Å². The zero-order valence-corrected chi connectivity index (χ0v) is 9.04. The number of nitrogens with zero attached hydrogens (tertiary/aromatic N) is 1. The Labute approximate surface area is 92.0 Å². The Kier molecular flexibility index (Phi) is 2.56. The maximum Gasteiger partial charge on any atom is 0.259 e. The first kappa shape index (κ1) is 10.5. The summed E-state index contributed by atoms with van der Waals surface area (Å²) in [5.41, 5.74) is 1.61. The molecule has 1 heterocycles. The molecule has 1 aromatic carbocycles. The Balaban J connectivity index is 2.65. The molecule has 0 radical (unpaired) electrons. The molecular formula is C12H11FN2O. The molecule has 0 aliphatic rings. The summed E-state index contributed by atoms with van der Waals surface area (Å²) in [5.74, 6) is 0.256. The van der Waals surface area contributed by atoms with E-state index in [1.54, 1.807) is 26.0 Å². The van der Waals surface area contributed by atoms with Crippen molar-refractivity contribution in [3.05, 3.63) is 52.0 Å². The van der Waals surface area contributed by atoms with E-state index in [1.807, 2.05) is 0 Å². The van der Waals surface area contributed by atoms with Gasteiger partial charge in [-0.25, -0.2) is 9.37 Å². The highest BCUT2D eigenvalue weighted by molar-refractivity contribution is 5.64. The predicted molar refractivity (Wildman–Crippen MR) is 59.7 cm³/mol. The molecular weight excluding hydrogens is 207 g/mol. The quantitative estimate of drug-likeness (QED) is 0.797. The Morgan fingerprint density at radius 1 is 1.19 bits per heavy atom. The average Bonchev–Trinajstić information content (AvgIpc) is 2.19. The summed E-state index contributed by atoms with van der Waals surface area (Å²) < 4.78 is 12.8. The van der Waals surface area contributed by atoms with E-state index in [2.05, 4.69) is 9.97 Å². The molecule has 0 bridgehead atoms. The van der Waals surface area contributed by atoms with Crippen molar-refractivity contribution in [1.29, 1.82) is 0 Å². The third-order valence-electron chi connectivity index (χ3n) is 2.35. The van der Waals surface area contributed by atoms with Gasteiger partial charge in [0.25, 0.3) is 5.56 Å². The van der Waals surface area contributed by atoms with Gasteiger partial charge in [-0.2, -0.15) is 0 Å². The number of hydrogen-bond acceptors (Lipinski definition) is 2. The summed E-state index contributed by atoms with van der Waals surface area (Å²) in [4.78, 5) is 18.6. The largest absolute Gasteiger partial charge is 0.310 e. The highest BCUT2D eigenvalue weighted by atomic mass is 19.1. The van der Waals surface area contributed by atoms with Crippen LogP contribution < -0.4 is 5.56 Å². The SMILES string of the molecule is Cc1nc(C)c(-c2ccc(F)cc2)c(=O)[nH]1. The minimum atomic E-state index is -0.321. The van der Waals surface area contributed by atoms with Crippen LogP contribution in [-0.2, 0) is 0 Å². The van der Waals surface area contributed by atoms with Crippen LogP contribution in [0.5, 0.6) is 0 Å². The Morgan fingerprint density at radius 2 is 1.81 bits per heavy atom. The first-order valence-corrected chi connectivity index (χ1v) is 4.91. The number of H-pyrrole nitrogens is 1. The van der Waals surface area contributed by atoms with Crippen molar-refractivity contribution in [1.82, 2.24) is 9.97 Å². The van der Waals surface area contributed by atoms with Crippen molar-refractivity contribution in [2.24, 2.45) is 0 Å². The van der Waals surface area contributed by atoms with Crippen molar-refractivity contribution >= 4 is 0 Å². The molecule has 0 aliphatic carbocycles. The van der Waals surface area contributed by atoms with Gasteiger partial charge in [-0.15, -0.1) is 0 Å². The van der Waals surface area contributed by atoms with E-state index in [-0.39, 0.29) is 11.4 Å². The van der Waals surface area contributed by atoms with Crippen molar-refractivity contribution in [3.8, 4) is 11.1 Å². The van der Waals surface area contributed by atoms with Crippen molar-refractivity contribution in [2.45, 2.75) is 13.8 Å². The third-order valence-corrected chi connectivity index (χ3v) is 2.35. The number of aryl methyl sites for hydroxylation is 2. The second-order valence-corrected chi connectivity index (χ2v) is 3.62. The van der Waals surface area contributed by atoms with E-state index in [1.165, 1.54) is 12.1 Å². The number of halogens is 1. The molecule has 2 aromatic rings. The predicted octanol–water partition coefficient (Wildman–Crippen LogP) is 2.19. The van der Waals surface area contributed by atoms with E-state index < -0.39 is 0 Å². The van der Waals surface area contributed by atoms with E-state index in [0.717, 1.165) is 0 Å². The van der Waals surface area contributed by atoms with Gasteiger partial charge in [0.1, 0.15) is 11.6 Å². The van der Waals surface area contributed by atoms with Crippen LogP contribution in [0.4, 0.5) is 4.39 Å². The molecule has 0 amide bonds. The van der Waals surface area contributed by atoms with E-state index in [0.29, 0.717) is 22.6 Å². The van der Waals surface area contributed by atoms with E-state index in [4.69, 9.17) is 0 Å². The number of aromatic amines is 1. The molecule has 82 valence electrons. The molecule has 4 heteroatoms. The maximum atomic E-state index is 12.8. The number of benzene rings is 1. The van der Waals surface area contributed by atoms with Gasteiger partial charge in [-0.3, -0.25) is 4.79 Å². The van der Waals surface area contributed by atoms with E-state index in [9.17, 15) is 9.18 Å². The number of nitrogens with one attached hydrogen (secondary N) is 1. The standard InChI is InChI=1S/C12H11FN2O/c1-7-11(12(16)15-8(2)14-7)9-3-5-10(13)6-4-9/h3-6H,1-2H3,(H,14,15,16). The molecule has 3 nitrogen and oxygen atoms in total. The minimum absolute atomic E-state index is 0.198. The Hall–Kier alpha value is -1.97. The maximum absolute atomic E-state index is 12.8. The number of aromatic nitrogens is 2. The normalized spacial score (nSPS) is 10.4. The molecule has 16 heavy (non-hydrogen) atoms. The first-order chi connectivity index (χ1) is 7.58. The lowest BCUT2D eigenvalue weighted by atomic mass is 10.1. The van der Waals surface area contributed by atoms with Gasteiger partial charge < -0.3 is 4.98 Å². The molecule has 0 unspecified atom stereocenters. The minimum Gasteiger partial charge on any atom is -0.310 e. The van der Waals surface area contributed by atoms with Crippen molar-refractivity contribution in [2.75, 3.05) is 0 Å². The fourth-order valence-electron chi connectivity index (χ4n) is 1.68. The lowest BCUT2D eigenvalue weighted by Crippen LogP contribution is -2.14. The molecule has 0 atom stereocenters. The highest BCUT2D eigenvalue weighted by Gasteiger charge is 2.08. The zero-order valence-electron chi connectivity index (χ0n) is 9.04. The number of rotatable bonds is 1. The van der Waals surface area contributed by atoms with Gasteiger partial charge in [0.15, 0.2) is 0 Å². The lowest BCUT2D eigenvalue weighted by Gasteiger charge is -2.04. The molecule has 0 aliphatic heterocycles. The molecule has 0 saturated carbocycles. The van der Waals surface area contributed by atoms with Crippen LogP contribution in [0.25, 0.3) is 11.1 Å². The Bertz CT molecular complexity index is 573. The smallest absolute Gasteiger partial charge is 0.259 e. The van der Waals surface area contributed by atoms with Crippen LogP contribution in [0, 0.1) is 19.7 Å². The van der Waals surface area contributed by atoms with Crippen molar-refractivity contribution < 1.29 is 4.39 Å². The van der Waals surface area contributed by atoms with Gasteiger partial charge >= 0.3 is 0 Å². The van der Waals surface area contributed by atoms with Crippen LogP contribution in [0.1, 0.15) is 11.5 Å². The van der Waals surface area contributed by atoms with Gasteiger partial charge in [-0.1, -0.05) is 12.1 Å². The van der Waals surface area contributed by atoms with Crippen LogP contribution in [0.3, 0.4) is 0 Å². The van der Waals surface area contributed by atoms with Gasteiger partial charge in [-0.05, 0) is 31.5 Å². The Morgan fingerprint density at radius 3 is 2.38 bits per heavy atom. The first-order valence-electron chi connectivity index (χ1n) is 4.91. The topological polar surface area (TPSA) is 45.8 Å². The molecule has 2 rings (SSSR count). The number of hydrogen-bond donors (Lipinski definition) is 1. The molecule has 1 N–H and O–H groups in total. The summed E-state index contributed by atoms with van der Waals surface area (Å²) in [6, 6.07) is 5.80. The molecule has 1 aromatic heterocycles. The van der Waals surface area contributed by atoms with Gasteiger partial charge in [0, 0.05) is 0 Å². The summed E-state index contributed by atoms with van der Waals surface area (Å²) in [6.07, 6.45) is 0. The second-order valence-electron chi connectivity index (χ2n) is 3.62. The summed E-state index contributed by atoms with van der Waals surface area (Å²) in [6.45, 7) is 3.49. The fraction of sp³-hybridized carbons (Fsp3) is 0.167. The highest BCUT2D eigenvalue weighted by Crippen LogP contribution is 2.17. The summed E-state index contributed by atoms with van der Waals surface area (Å²) in [5, 5.41) is 0. The van der Waals surface area contributed by atoms with Crippen LogP contribution in [-0.4, -0.2) is 9.97 Å². The van der Waals surface area contributed by atoms with Gasteiger partial charge in [0.05, 0.1) is 11.3 Å². The molecule has 0 spiro atoms. The van der Waals surface area contributed by atoms with Crippen LogP contribution >= 0.6 is 0 Å². The van der Waals surface area contributed by atoms with Gasteiger partial charge in [0.2, 0.25) is 0 Å². The monoisotopic (exact) mass is 218 g/mol. The van der Waals surface area contributed by atoms with Crippen molar-refractivity contribution in [3.63, 3.8) is 0 Å². The third kappa shape index (κ3) is 1.86. The fourth-order valence-corrected chi connectivity index (χ4v) is 1.68. The summed E-state index contributed by atoms with van der Waals surface area (Å²) in [7, 11) is 0. The molecule has 0 saturated heterocycles. The second kappa shape index (κ2) is 3.89. The van der Waals surface area contributed by atoms with E-state index >= 15 is 0 Å². The molecule has 0 fully saturated rings. The lowest BCUT2D eigenvalue weighted by molar-refractivity contribution is 0.628.